The molecule has 184 valence electrons. The van der Waals surface area contributed by atoms with E-state index in [0.29, 0.717) is 5.92 Å². The van der Waals surface area contributed by atoms with E-state index in [1.165, 1.54) is 6.92 Å². The summed E-state index contributed by atoms with van der Waals surface area (Å²) < 4.78 is 0. The fourth-order valence-electron chi connectivity index (χ4n) is 4.47. The topological polar surface area (TPSA) is 90.0 Å². The Bertz CT molecular complexity index is 687. The van der Waals surface area contributed by atoms with Gasteiger partial charge in [0.2, 0.25) is 11.8 Å². The van der Waals surface area contributed by atoms with Crippen molar-refractivity contribution in [1.82, 2.24) is 15.1 Å². The first-order valence-electron chi connectivity index (χ1n) is 12.1. The number of carboxylic acids is 1. The first-order valence-corrected chi connectivity index (χ1v) is 12.1. The van der Waals surface area contributed by atoms with Gasteiger partial charge < -0.3 is 15.3 Å². The standard InChI is InChI=1S/C25H45N3O4/c1-10-19-11-12-20(28(14-19)17(6)7)23(29)26-22(16(4)5)24(30)27(9)21(15(2)3)13-18(8)25(31)32/h13,15-17,19-22H,10-12,14H2,1-9H3,(H,26,29)(H,31,32)/b18-13+/t19-,20?,21-,22+/m1/s1. The lowest BCUT2D eigenvalue weighted by Gasteiger charge is -2.42. The van der Waals surface area contributed by atoms with Gasteiger partial charge in [0.1, 0.15) is 6.04 Å². The number of hydrogen-bond donors (Lipinski definition) is 2. The monoisotopic (exact) mass is 451 g/mol. The Hall–Kier alpha value is -1.89. The van der Waals surface area contributed by atoms with Crippen molar-refractivity contribution in [3.63, 3.8) is 0 Å². The normalized spacial score (nSPS) is 22.2. The number of amides is 2. The quantitative estimate of drug-likeness (QED) is 0.496. The zero-order valence-electron chi connectivity index (χ0n) is 21.5. The number of piperidine rings is 1. The van der Waals surface area contributed by atoms with Crippen molar-refractivity contribution in [1.29, 1.82) is 0 Å². The van der Waals surface area contributed by atoms with Crippen LogP contribution in [0.5, 0.6) is 0 Å². The van der Waals surface area contributed by atoms with E-state index < -0.39 is 12.0 Å². The van der Waals surface area contributed by atoms with Crippen LogP contribution in [0.3, 0.4) is 0 Å². The molecule has 1 unspecified atom stereocenters. The van der Waals surface area contributed by atoms with Crippen LogP contribution in [0.25, 0.3) is 0 Å². The smallest absolute Gasteiger partial charge is 0.331 e. The van der Waals surface area contributed by atoms with Gasteiger partial charge in [0, 0.05) is 25.2 Å². The summed E-state index contributed by atoms with van der Waals surface area (Å²) in [4.78, 5) is 41.9. The zero-order valence-corrected chi connectivity index (χ0v) is 21.5. The summed E-state index contributed by atoms with van der Waals surface area (Å²) in [7, 11) is 1.69. The number of rotatable bonds is 10. The number of aliphatic carboxylic acids is 1. The Morgan fingerprint density at radius 2 is 1.69 bits per heavy atom. The van der Waals surface area contributed by atoms with Gasteiger partial charge in [-0.15, -0.1) is 0 Å². The number of likely N-dealkylation sites (N-methyl/N-ethyl adjacent to an activating group) is 1. The molecule has 7 nitrogen and oxygen atoms in total. The maximum Gasteiger partial charge on any atom is 0.331 e. The highest BCUT2D eigenvalue weighted by Gasteiger charge is 2.37. The predicted molar refractivity (Wildman–Crippen MR) is 128 cm³/mol. The van der Waals surface area contributed by atoms with E-state index in [4.69, 9.17) is 0 Å². The van der Waals surface area contributed by atoms with Crippen molar-refractivity contribution in [2.24, 2.45) is 17.8 Å². The Morgan fingerprint density at radius 1 is 1.09 bits per heavy atom. The van der Waals surface area contributed by atoms with Gasteiger partial charge in [-0.05, 0) is 51.4 Å². The molecule has 1 saturated heterocycles. The molecule has 0 aromatic carbocycles. The van der Waals surface area contributed by atoms with Crippen LogP contribution >= 0.6 is 0 Å². The average Bonchev–Trinajstić information content (AvgIpc) is 2.73. The van der Waals surface area contributed by atoms with Gasteiger partial charge in [-0.1, -0.05) is 47.1 Å². The molecule has 7 heteroatoms. The van der Waals surface area contributed by atoms with Gasteiger partial charge in [0.25, 0.3) is 0 Å². The largest absolute Gasteiger partial charge is 0.478 e. The second-order valence-electron chi connectivity index (χ2n) is 10.2. The van der Waals surface area contributed by atoms with Crippen LogP contribution in [-0.2, 0) is 14.4 Å². The van der Waals surface area contributed by atoms with E-state index in [1.54, 1.807) is 18.0 Å². The van der Waals surface area contributed by atoms with Gasteiger partial charge >= 0.3 is 5.97 Å². The van der Waals surface area contributed by atoms with Gasteiger partial charge in [-0.2, -0.15) is 0 Å². The third-order valence-electron chi connectivity index (χ3n) is 6.73. The van der Waals surface area contributed by atoms with E-state index >= 15 is 0 Å². The lowest BCUT2D eigenvalue weighted by atomic mass is 9.89. The minimum atomic E-state index is -0.998. The molecule has 0 aliphatic carbocycles. The van der Waals surface area contributed by atoms with Crippen molar-refractivity contribution in [2.75, 3.05) is 13.6 Å². The highest BCUT2D eigenvalue weighted by Crippen LogP contribution is 2.26. The van der Waals surface area contributed by atoms with E-state index in [9.17, 15) is 19.5 Å². The van der Waals surface area contributed by atoms with Crippen LogP contribution in [0.1, 0.15) is 74.7 Å². The van der Waals surface area contributed by atoms with Crippen molar-refractivity contribution >= 4 is 17.8 Å². The molecule has 0 spiro atoms. The lowest BCUT2D eigenvalue weighted by Crippen LogP contribution is -2.59. The summed E-state index contributed by atoms with van der Waals surface area (Å²) in [5, 5.41) is 12.3. The molecule has 4 atom stereocenters. The summed E-state index contributed by atoms with van der Waals surface area (Å²) in [5.41, 5.74) is 0.203. The maximum absolute atomic E-state index is 13.4. The Kier molecular flexibility index (Phi) is 10.9. The summed E-state index contributed by atoms with van der Waals surface area (Å²) in [6.45, 7) is 16.6. The molecule has 1 rings (SSSR count). The Morgan fingerprint density at radius 3 is 2.12 bits per heavy atom. The van der Waals surface area contributed by atoms with Gasteiger partial charge in [-0.3, -0.25) is 14.5 Å². The number of nitrogens with zero attached hydrogens (tertiary/aromatic N) is 2. The number of carbonyl (C=O) groups is 3. The molecule has 0 aromatic rings. The highest BCUT2D eigenvalue weighted by atomic mass is 16.4. The molecule has 1 aliphatic rings. The van der Waals surface area contributed by atoms with Crippen LogP contribution in [0.2, 0.25) is 0 Å². The fourth-order valence-corrected chi connectivity index (χ4v) is 4.47. The molecular weight excluding hydrogens is 406 g/mol. The molecule has 0 radical (unpaired) electrons. The van der Waals surface area contributed by atoms with Gasteiger partial charge in [-0.25, -0.2) is 4.79 Å². The molecule has 1 heterocycles. The first kappa shape index (κ1) is 28.1. The average molecular weight is 452 g/mol. The molecule has 1 fully saturated rings. The molecule has 0 bridgehead atoms. The third-order valence-corrected chi connectivity index (χ3v) is 6.73. The van der Waals surface area contributed by atoms with Crippen molar-refractivity contribution in [3.8, 4) is 0 Å². The van der Waals surface area contributed by atoms with Crippen LogP contribution < -0.4 is 5.32 Å². The molecule has 1 aliphatic heterocycles. The summed E-state index contributed by atoms with van der Waals surface area (Å²) in [6.07, 6.45) is 4.55. The van der Waals surface area contributed by atoms with Crippen molar-refractivity contribution in [3.05, 3.63) is 11.6 Å². The third kappa shape index (κ3) is 7.32. The molecule has 0 saturated carbocycles. The number of hydrogen-bond acceptors (Lipinski definition) is 4. The predicted octanol–water partition coefficient (Wildman–Crippen LogP) is 3.54. The number of carboxylic acid groups (broad SMARTS) is 1. The van der Waals surface area contributed by atoms with E-state index in [0.717, 1.165) is 25.8 Å². The van der Waals surface area contributed by atoms with Crippen molar-refractivity contribution < 1.29 is 19.5 Å². The Balaban J connectivity index is 3.06. The summed E-state index contributed by atoms with van der Waals surface area (Å²) in [5.74, 6) is -0.743. The number of likely N-dealkylation sites (tertiary alicyclic amines) is 1. The van der Waals surface area contributed by atoms with Crippen LogP contribution in [0.15, 0.2) is 11.6 Å². The molecular formula is C25H45N3O4. The minimum Gasteiger partial charge on any atom is -0.478 e. The maximum atomic E-state index is 13.4. The van der Waals surface area contributed by atoms with Crippen LogP contribution in [0.4, 0.5) is 0 Å². The summed E-state index contributed by atoms with van der Waals surface area (Å²) >= 11 is 0. The highest BCUT2D eigenvalue weighted by molar-refractivity contribution is 5.90. The molecule has 2 amide bonds. The van der Waals surface area contributed by atoms with Crippen LogP contribution in [0, 0.1) is 17.8 Å². The number of carbonyl (C=O) groups excluding carboxylic acids is 2. The fraction of sp³-hybridized carbons (Fsp3) is 0.800. The Labute approximate surface area is 194 Å². The van der Waals surface area contributed by atoms with Gasteiger partial charge in [0.05, 0.1) is 12.1 Å². The van der Waals surface area contributed by atoms with Crippen molar-refractivity contribution in [2.45, 2.75) is 98.8 Å². The minimum absolute atomic E-state index is 0.0301. The second kappa shape index (κ2) is 12.4. The van der Waals surface area contributed by atoms with E-state index in [2.05, 4.69) is 31.0 Å². The molecule has 32 heavy (non-hydrogen) atoms. The van der Waals surface area contributed by atoms with Crippen LogP contribution in [-0.4, -0.2) is 70.4 Å². The lowest BCUT2D eigenvalue weighted by molar-refractivity contribution is -0.140. The van der Waals surface area contributed by atoms with E-state index in [-0.39, 0.29) is 47.3 Å². The SMILES string of the molecule is CC[C@@H]1CCC(C(=O)N[C@H](C(=O)N(C)[C@H](/C=C(\C)C(=O)O)C(C)C)C(C)C)N(C(C)C)C1. The first-order chi connectivity index (χ1) is 14.8. The zero-order chi connectivity index (χ0) is 24.7. The number of nitrogens with one attached hydrogen (secondary N) is 1. The van der Waals surface area contributed by atoms with Gasteiger partial charge in [0.15, 0.2) is 0 Å². The van der Waals surface area contributed by atoms with E-state index in [1.807, 2.05) is 27.7 Å². The summed E-state index contributed by atoms with van der Waals surface area (Å²) in [6, 6.07) is -1.01. The molecule has 0 aromatic heterocycles. The second-order valence-corrected chi connectivity index (χ2v) is 10.2. The molecule has 2 N–H and O–H groups in total.